The largest absolute Gasteiger partial charge is 0.415 e. The number of hydrogen-bond donors (Lipinski definition) is 0. The lowest BCUT2D eigenvalue weighted by Crippen LogP contribution is -2.48. The quantitative estimate of drug-likeness (QED) is 0.403. The molecule has 0 spiro atoms. The zero-order valence-electron chi connectivity index (χ0n) is 24.7. The summed E-state index contributed by atoms with van der Waals surface area (Å²) in [7, 11) is 1.64. The molecular formula is C32H38Cl2FN3O5. The number of benzene rings is 2. The van der Waals surface area contributed by atoms with E-state index in [0.29, 0.717) is 62.1 Å². The van der Waals surface area contributed by atoms with Gasteiger partial charge in [-0.2, -0.15) is 0 Å². The Morgan fingerprint density at radius 1 is 0.930 bits per heavy atom. The number of likely N-dealkylation sites (N-methyl/N-ethyl adjacent to an activating group) is 1. The Morgan fingerprint density at radius 2 is 1.60 bits per heavy atom. The number of amides is 3. The summed E-state index contributed by atoms with van der Waals surface area (Å²) in [5, 5.41) is 0.812. The number of ether oxygens (including phenoxy) is 2. The molecule has 2 aromatic carbocycles. The van der Waals surface area contributed by atoms with E-state index < -0.39 is 18.0 Å². The van der Waals surface area contributed by atoms with Crippen LogP contribution in [0.3, 0.4) is 0 Å². The molecule has 5 rings (SSSR count). The minimum absolute atomic E-state index is 0.0205. The summed E-state index contributed by atoms with van der Waals surface area (Å²) in [6.45, 7) is 6.42. The number of piperidine rings is 1. The zero-order chi connectivity index (χ0) is 30.9. The second-order valence-electron chi connectivity index (χ2n) is 12.4. The van der Waals surface area contributed by atoms with E-state index in [1.54, 1.807) is 19.2 Å². The van der Waals surface area contributed by atoms with Gasteiger partial charge in [0.1, 0.15) is 11.6 Å². The van der Waals surface area contributed by atoms with Crippen LogP contribution in [0.2, 0.25) is 10.0 Å². The van der Waals surface area contributed by atoms with Gasteiger partial charge in [0.25, 0.3) is 0 Å². The molecule has 3 atom stereocenters. The smallest absolute Gasteiger partial charge is 0.410 e. The SMILES string of the molecule is CN(C(=O)Oc1ccc(F)cc1)[C@@H]1CN(C(=O)C2CCN(C(=O)C3CCOC(C)(C)C3)CC2)C[C@H]1c1ccc(Cl)c(Cl)c1. The molecule has 3 aliphatic rings. The molecule has 232 valence electrons. The molecule has 0 bridgehead atoms. The van der Waals surface area contributed by atoms with Gasteiger partial charge in [-0.15, -0.1) is 0 Å². The summed E-state index contributed by atoms with van der Waals surface area (Å²) in [6, 6.07) is 10.2. The third kappa shape index (κ3) is 7.27. The highest BCUT2D eigenvalue weighted by Crippen LogP contribution is 2.36. The Bertz CT molecular complexity index is 1350. The van der Waals surface area contributed by atoms with Crippen LogP contribution < -0.4 is 4.74 Å². The Balaban J connectivity index is 1.26. The lowest BCUT2D eigenvalue weighted by molar-refractivity contribution is -0.148. The highest BCUT2D eigenvalue weighted by Gasteiger charge is 2.43. The molecule has 0 aliphatic carbocycles. The van der Waals surface area contributed by atoms with Crippen LogP contribution in [0.15, 0.2) is 42.5 Å². The predicted octanol–water partition coefficient (Wildman–Crippen LogP) is 6.00. The standard InChI is InChI=1S/C32H38Cl2FN3O5/c1-32(2)17-22(12-15-42-32)30(40)37-13-10-20(11-14-37)29(39)38-18-25(21-4-9-26(33)27(34)16-21)28(19-38)36(3)31(41)43-24-7-5-23(35)6-8-24/h4-9,16,20,22,25,28H,10-15,17-19H2,1-3H3/t22?,25-,28+/m0/s1. The van der Waals surface area contributed by atoms with Crippen LogP contribution in [-0.2, 0) is 14.3 Å². The Hall–Kier alpha value is -2.88. The van der Waals surface area contributed by atoms with Gasteiger partial charge in [-0.05, 0) is 81.5 Å². The normalized spacial score (nSPS) is 24.1. The molecule has 43 heavy (non-hydrogen) atoms. The molecule has 11 heteroatoms. The molecule has 0 N–H and O–H groups in total. The average molecular weight is 635 g/mol. The molecule has 0 aromatic heterocycles. The van der Waals surface area contributed by atoms with Gasteiger partial charge in [0.15, 0.2) is 0 Å². The van der Waals surface area contributed by atoms with Gasteiger partial charge in [-0.25, -0.2) is 9.18 Å². The van der Waals surface area contributed by atoms with E-state index in [2.05, 4.69) is 0 Å². The lowest BCUT2D eigenvalue weighted by atomic mass is 9.86. The Morgan fingerprint density at radius 3 is 2.26 bits per heavy atom. The molecule has 3 heterocycles. The molecule has 2 aromatic rings. The van der Waals surface area contributed by atoms with Gasteiger partial charge < -0.3 is 24.2 Å². The van der Waals surface area contributed by atoms with E-state index >= 15 is 0 Å². The minimum Gasteiger partial charge on any atom is -0.410 e. The first-order valence-electron chi connectivity index (χ1n) is 14.8. The van der Waals surface area contributed by atoms with Gasteiger partial charge in [-0.3, -0.25) is 9.59 Å². The van der Waals surface area contributed by atoms with E-state index in [1.165, 1.54) is 29.2 Å². The van der Waals surface area contributed by atoms with Crippen LogP contribution in [0.25, 0.3) is 0 Å². The van der Waals surface area contributed by atoms with Crippen LogP contribution in [-0.4, -0.2) is 84.1 Å². The van der Waals surface area contributed by atoms with Gasteiger partial charge in [0.2, 0.25) is 11.8 Å². The van der Waals surface area contributed by atoms with E-state index in [1.807, 2.05) is 29.7 Å². The molecule has 0 saturated carbocycles. The van der Waals surface area contributed by atoms with Crippen LogP contribution in [0.1, 0.15) is 51.0 Å². The highest BCUT2D eigenvalue weighted by atomic mass is 35.5. The maximum Gasteiger partial charge on any atom is 0.415 e. The molecule has 1 unspecified atom stereocenters. The Kier molecular flexibility index (Phi) is 9.54. The monoisotopic (exact) mass is 633 g/mol. The van der Waals surface area contributed by atoms with Crippen LogP contribution in [0.4, 0.5) is 9.18 Å². The first kappa shape index (κ1) is 31.5. The number of carbonyl (C=O) groups excluding carboxylic acids is 3. The van der Waals surface area contributed by atoms with Crippen molar-refractivity contribution in [2.24, 2.45) is 11.8 Å². The van der Waals surface area contributed by atoms with Gasteiger partial charge in [0, 0.05) is 57.6 Å². The predicted molar refractivity (Wildman–Crippen MR) is 162 cm³/mol. The topological polar surface area (TPSA) is 79.4 Å². The maximum atomic E-state index is 13.8. The third-order valence-electron chi connectivity index (χ3n) is 8.98. The number of hydrogen-bond acceptors (Lipinski definition) is 5. The minimum atomic E-state index is -0.612. The molecule has 3 saturated heterocycles. The van der Waals surface area contributed by atoms with E-state index in [0.717, 1.165) is 12.0 Å². The summed E-state index contributed by atoms with van der Waals surface area (Å²) in [5.74, 6) is -0.520. The average Bonchev–Trinajstić information content (AvgIpc) is 3.43. The molecule has 0 radical (unpaired) electrons. The highest BCUT2D eigenvalue weighted by molar-refractivity contribution is 6.42. The zero-order valence-corrected chi connectivity index (χ0v) is 26.2. The van der Waals surface area contributed by atoms with Crippen LogP contribution in [0, 0.1) is 17.7 Å². The fourth-order valence-electron chi connectivity index (χ4n) is 6.55. The van der Waals surface area contributed by atoms with Crippen LogP contribution in [0.5, 0.6) is 5.75 Å². The van der Waals surface area contributed by atoms with Gasteiger partial charge in [0.05, 0.1) is 21.7 Å². The second-order valence-corrected chi connectivity index (χ2v) is 13.2. The van der Waals surface area contributed by atoms with Crippen molar-refractivity contribution in [3.63, 3.8) is 0 Å². The van der Waals surface area contributed by atoms with Crippen LogP contribution >= 0.6 is 23.2 Å². The van der Waals surface area contributed by atoms with Crippen molar-refractivity contribution in [1.82, 2.24) is 14.7 Å². The van der Waals surface area contributed by atoms with Crippen molar-refractivity contribution in [3.8, 4) is 5.75 Å². The van der Waals surface area contributed by atoms with E-state index in [-0.39, 0.29) is 40.9 Å². The van der Waals surface area contributed by atoms with Crippen molar-refractivity contribution in [3.05, 3.63) is 63.9 Å². The second kappa shape index (κ2) is 13.0. The maximum absolute atomic E-state index is 13.8. The van der Waals surface area contributed by atoms with Gasteiger partial charge >= 0.3 is 6.09 Å². The summed E-state index contributed by atoms with van der Waals surface area (Å²) in [5.41, 5.74) is 0.554. The fraction of sp³-hybridized carbons (Fsp3) is 0.531. The van der Waals surface area contributed by atoms with Crippen molar-refractivity contribution in [1.29, 1.82) is 0 Å². The summed E-state index contributed by atoms with van der Waals surface area (Å²) in [6.07, 6.45) is 2.01. The van der Waals surface area contributed by atoms with Gasteiger partial charge in [-0.1, -0.05) is 29.3 Å². The summed E-state index contributed by atoms with van der Waals surface area (Å²) in [4.78, 5) is 45.4. The lowest BCUT2D eigenvalue weighted by Gasteiger charge is -2.39. The molecule has 8 nitrogen and oxygen atoms in total. The van der Waals surface area contributed by atoms with Crippen molar-refractivity contribution >= 4 is 41.1 Å². The molecule has 3 fully saturated rings. The van der Waals surface area contributed by atoms with Crippen molar-refractivity contribution in [2.75, 3.05) is 39.8 Å². The fourth-order valence-corrected chi connectivity index (χ4v) is 6.85. The number of carbonyl (C=O) groups is 3. The first-order chi connectivity index (χ1) is 20.4. The molecule has 3 amide bonds. The van der Waals surface area contributed by atoms with E-state index in [9.17, 15) is 18.8 Å². The number of rotatable bonds is 5. The van der Waals surface area contributed by atoms with Crippen molar-refractivity contribution in [2.45, 2.75) is 57.1 Å². The summed E-state index contributed by atoms with van der Waals surface area (Å²) < 4.78 is 24.6. The Labute approximate surface area is 262 Å². The summed E-state index contributed by atoms with van der Waals surface area (Å²) >= 11 is 12.5. The van der Waals surface area contributed by atoms with Crippen molar-refractivity contribution < 1.29 is 28.2 Å². The first-order valence-corrected chi connectivity index (χ1v) is 15.5. The molecule has 3 aliphatic heterocycles. The number of halogens is 3. The van der Waals surface area contributed by atoms with E-state index in [4.69, 9.17) is 32.7 Å². The molecular weight excluding hydrogens is 596 g/mol. The number of likely N-dealkylation sites (tertiary alicyclic amines) is 2. The number of nitrogens with zero attached hydrogens (tertiary/aromatic N) is 3. The third-order valence-corrected chi connectivity index (χ3v) is 9.72.